The molecule has 0 saturated carbocycles. The summed E-state index contributed by atoms with van der Waals surface area (Å²) in [7, 11) is 0. The molecular formula is C13H17N3O6. The Morgan fingerprint density at radius 2 is 2.18 bits per heavy atom. The van der Waals surface area contributed by atoms with Gasteiger partial charge in [0.2, 0.25) is 0 Å². The van der Waals surface area contributed by atoms with Gasteiger partial charge in [-0.15, -0.1) is 0 Å². The Kier molecular flexibility index (Phi) is 4.76. The van der Waals surface area contributed by atoms with Crippen molar-refractivity contribution in [1.82, 2.24) is 9.55 Å². The van der Waals surface area contributed by atoms with E-state index in [1.165, 1.54) is 30.7 Å². The van der Waals surface area contributed by atoms with Crippen LogP contribution in [0.4, 0.5) is 5.82 Å². The average Bonchev–Trinajstić information content (AvgIpc) is 2.78. The molecule has 9 heteroatoms. The van der Waals surface area contributed by atoms with Crippen LogP contribution in [-0.4, -0.2) is 40.3 Å². The minimum absolute atomic E-state index is 0.0146. The number of hydrogen-bond donors (Lipinski definition) is 1. The van der Waals surface area contributed by atoms with Crippen LogP contribution in [0.5, 0.6) is 0 Å². The van der Waals surface area contributed by atoms with E-state index >= 15 is 0 Å². The summed E-state index contributed by atoms with van der Waals surface area (Å²) in [6.07, 6.45) is -0.289. The van der Waals surface area contributed by atoms with E-state index in [4.69, 9.17) is 19.9 Å². The molecule has 0 amide bonds. The second kappa shape index (κ2) is 6.56. The number of carbonyl (C=O) groups is 2. The van der Waals surface area contributed by atoms with Crippen molar-refractivity contribution in [3.8, 4) is 0 Å². The Bertz CT molecular complexity index is 628. The normalized spacial score (nSPS) is 24.0. The summed E-state index contributed by atoms with van der Waals surface area (Å²) in [4.78, 5) is 37.6. The van der Waals surface area contributed by atoms with Crippen molar-refractivity contribution >= 4 is 17.8 Å². The summed E-state index contributed by atoms with van der Waals surface area (Å²) in [6, 6.07) is 1.44. The minimum atomic E-state index is -0.843. The lowest BCUT2D eigenvalue weighted by atomic mass is 10.2. The highest BCUT2D eigenvalue weighted by Crippen LogP contribution is 2.30. The molecule has 3 atom stereocenters. The summed E-state index contributed by atoms with van der Waals surface area (Å²) in [6.45, 7) is 2.56. The average molecular weight is 311 g/mol. The number of nitrogens with zero attached hydrogens (tertiary/aromatic N) is 2. The molecule has 2 N–H and O–H groups in total. The van der Waals surface area contributed by atoms with Crippen LogP contribution in [0.1, 0.15) is 26.5 Å². The number of hydrogen-bond acceptors (Lipinski definition) is 8. The second-order valence-electron chi connectivity index (χ2n) is 4.88. The van der Waals surface area contributed by atoms with E-state index in [0.29, 0.717) is 6.42 Å². The summed E-state index contributed by atoms with van der Waals surface area (Å²) in [5.41, 5.74) is 4.83. The smallest absolute Gasteiger partial charge is 0.351 e. The van der Waals surface area contributed by atoms with Gasteiger partial charge in [0.05, 0.1) is 6.10 Å². The number of anilines is 1. The predicted molar refractivity (Wildman–Crippen MR) is 73.6 cm³/mol. The Morgan fingerprint density at radius 3 is 2.77 bits per heavy atom. The lowest BCUT2D eigenvalue weighted by Gasteiger charge is -2.20. The molecule has 1 aliphatic rings. The van der Waals surface area contributed by atoms with Gasteiger partial charge in [-0.3, -0.25) is 14.2 Å². The number of nitrogens with two attached hydrogens (primary N) is 1. The fourth-order valence-corrected chi connectivity index (χ4v) is 2.22. The molecule has 2 rings (SSSR count). The lowest BCUT2D eigenvalue weighted by molar-refractivity contribution is -0.153. The maximum Gasteiger partial charge on any atom is 0.351 e. The van der Waals surface area contributed by atoms with Gasteiger partial charge in [0.15, 0.2) is 6.23 Å². The predicted octanol–water partition coefficient (Wildman–Crippen LogP) is -0.392. The van der Waals surface area contributed by atoms with Crippen molar-refractivity contribution in [2.24, 2.45) is 0 Å². The zero-order valence-corrected chi connectivity index (χ0v) is 12.2. The Labute approximate surface area is 126 Å². The largest absolute Gasteiger partial charge is 0.463 e. The molecule has 1 saturated heterocycles. The van der Waals surface area contributed by atoms with Crippen molar-refractivity contribution < 1.29 is 23.8 Å². The third kappa shape index (κ3) is 3.82. The third-order valence-corrected chi connectivity index (χ3v) is 3.06. The highest BCUT2D eigenvalue weighted by atomic mass is 16.6. The van der Waals surface area contributed by atoms with Gasteiger partial charge in [0.1, 0.15) is 18.5 Å². The number of nitrogen functional groups attached to an aromatic ring is 1. The Balaban J connectivity index is 2.19. The molecule has 0 aliphatic carbocycles. The minimum Gasteiger partial charge on any atom is -0.463 e. The maximum atomic E-state index is 11.9. The summed E-state index contributed by atoms with van der Waals surface area (Å²) >= 11 is 0. The highest BCUT2D eigenvalue weighted by Gasteiger charge is 2.39. The first-order valence-electron chi connectivity index (χ1n) is 6.67. The van der Waals surface area contributed by atoms with Crippen LogP contribution in [-0.2, 0) is 23.8 Å². The molecule has 2 heterocycles. The quantitative estimate of drug-likeness (QED) is 0.746. The van der Waals surface area contributed by atoms with Crippen LogP contribution in [0, 0.1) is 0 Å². The van der Waals surface area contributed by atoms with E-state index in [1.807, 2.05) is 0 Å². The highest BCUT2D eigenvalue weighted by molar-refractivity contribution is 5.66. The molecule has 0 unspecified atom stereocenters. The molecule has 1 fully saturated rings. The number of carbonyl (C=O) groups excluding carboxylic acids is 2. The molecule has 1 aromatic heterocycles. The van der Waals surface area contributed by atoms with E-state index in [2.05, 4.69) is 4.98 Å². The van der Waals surface area contributed by atoms with Crippen LogP contribution in [0.3, 0.4) is 0 Å². The summed E-state index contributed by atoms with van der Waals surface area (Å²) in [5, 5.41) is 0. The molecule has 9 nitrogen and oxygen atoms in total. The van der Waals surface area contributed by atoms with Crippen LogP contribution in [0.15, 0.2) is 17.1 Å². The standard InChI is InChI=1S/C13H17N3O6/c1-7(17)20-6-9-5-10(21-8(2)18)12(22-9)16-4-3-11(14)15-13(16)19/h3-4,9-10,12H,5-6H2,1-2H3,(H2,14,15,19)/t9-,10-,12+/m0/s1. The molecule has 0 spiro atoms. The van der Waals surface area contributed by atoms with Crippen LogP contribution in [0.2, 0.25) is 0 Å². The first kappa shape index (κ1) is 16.0. The van der Waals surface area contributed by atoms with Gasteiger partial charge in [0, 0.05) is 26.5 Å². The molecular weight excluding hydrogens is 294 g/mol. The number of rotatable bonds is 4. The van der Waals surface area contributed by atoms with Crippen molar-refractivity contribution in [3.05, 3.63) is 22.7 Å². The van der Waals surface area contributed by atoms with E-state index in [0.717, 1.165) is 0 Å². The van der Waals surface area contributed by atoms with Crippen LogP contribution >= 0.6 is 0 Å². The topological polar surface area (TPSA) is 123 Å². The molecule has 0 radical (unpaired) electrons. The van der Waals surface area contributed by atoms with Crippen molar-refractivity contribution in [2.45, 2.75) is 38.7 Å². The van der Waals surface area contributed by atoms with Crippen LogP contribution in [0.25, 0.3) is 0 Å². The van der Waals surface area contributed by atoms with Gasteiger partial charge in [-0.2, -0.15) is 4.98 Å². The van der Waals surface area contributed by atoms with Gasteiger partial charge in [-0.25, -0.2) is 4.79 Å². The molecule has 120 valence electrons. The zero-order valence-electron chi connectivity index (χ0n) is 12.2. The van der Waals surface area contributed by atoms with Gasteiger partial charge in [-0.1, -0.05) is 0 Å². The Morgan fingerprint density at radius 1 is 1.45 bits per heavy atom. The van der Waals surface area contributed by atoms with Gasteiger partial charge < -0.3 is 19.9 Å². The van der Waals surface area contributed by atoms with Crippen LogP contribution < -0.4 is 11.4 Å². The van der Waals surface area contributed by atoms with Gasteiger partial charge in [-0.05, 0) is 6.07 Å². The van der Waals surface area contributed by atoms with E-state index in [1.54, 1.807) is 0 Å². The zero-order chi connectivity index (χ0) is 16.3. The van der Waals surface area contributed by atoms with E-state index in [9.17, 15) is 14.4 Å². The molecule has 0 bridgehead atoms. The first-order chi connectivity index (χ1) is 10.4. The Hall–Kier alpha value is -2.42. The number of esters is 2. The lowest BCUT2D eigenvalue weighted by Crippen LogP contribution is -2.33. The van der Waals surface area contributed by atoms with Gasteiger partial charge >= 0.3 is 17.6 Å². The maximum absolute atomic E-state index is 11.9. The fourth-order valence-electron chi connectivity index (χ4n) is 2.22. The number of ether oxygens (including phenoxy) is 3. The van der Waals surface area contributed by atoms with Crippen molar-refractivity contribution in [1.29, 1.82) is 0 Å². The summed E-state index contributed by atoms with van der Waals surface area (Å²) in [5.74, 6) is -0.856. The molecule has 0 aromatic carbocycles. The fraction of sp³-hybridized carbons (Fsp3) is 0.538. The molecule has 1 aliphatic heterocycles. The SMILES string of the molecule is CC(=O)OC[C@@H]1C[C@H](OC(C)=O)[C@H](n2ccc(N)nc2=O)O1. The summed E-state index contributed by atoms with van der Waals surface area (Å²) < 4.78 is 16.9. The molecule has 1 aromatic rings. The van der Waals surface area contributed by atoms with Crippen molar-refractivity contribution in [2.75, 3.05) is 12.3 Å². The third-order valence-electron chi connectivity index (χ3n) is 3.06. The van der Waals surface area contributed by atoms with Gasteiger partial charge in [0.25, 0.3) is 0 Å². The van der Waals surface area contributed by atoms with Crippen molar-refractivity contribution in [3.63, 3.8) is 0 Å². The first-order valence-corrected chi connectivity index (χ1v) is 6.67. The van der Waals surface area contributed by atoms with E-state index in [-0.39, 0.29) is 12.4 Å². The molecule has 22 heavy (non-hydrogen) atoms. The van der Waals surface area contributed by atoms with E-state index < -0.39 is 36.1 Å². The monoisotopic (exact) mass is 311 g/mol. The number of aromatic nitrogens is 2. The second-order valence-corrected chi connectivity index (χ2v) is 4.88.